The second-order valence-corrected chi connectivity index (χ2v) is 11.5. The first-order chi connectivity index (χ1) is 14.8. The molecule has 3 N–H and O–H groups in total. The third-order valence-corrected chi connectivity index (χ3v) is 10.6. The summed E-state index contributed by atoms with van der Waals surface area (Å²) in [6, 6.07) is 1.87. The Morgan fingerprint density at radius 2 is 1.87 bits per heavy atom. The van der Waals surface area contributed by atoms with Crippen molar-refractivity contribution in [3.63, 3.8) is 0 Å². The largest absolute Gasteiger partial charge is 0.472 e. The number of hydrogen-bond acceptors (Lipinski definition) is 5. The van der Waals surface area contributed by atoms with E-state index in [1.165, 1.54) is 0 Å². The Kier molecular flexibility index (Phi) is 5.36. The monoisotopic (exact) mass is 432 g/mol. The van der Waals surface area contributed by atoms with Crippen molar-refractivity contribution in [2.75, 3.05) is 13.2 Å². The van der Waals surface area contributed by atoms with E-state index in [4.69, 9.17) is 14.3 Å². The molecule has 0 radical (unpaired) electrons. The van der Waals surface area contributed by atoms with E-state index in [1.54, 1.807) is 12.5 Å². The standard InChI is InChI=1S/C26H40O5/c1-23-9-6-20(31-14-3-13-27)16-18(23)4-5-22-21(23)7-10-24(2)25(28,11-12-26(22,24)29)19-8-15-30-17-19/h8,15,17-18,20-22,27-29H,3-7,9-14,16H2,1-2H3/t18?,20?,21-,22-,23+,24-,25?,26-/m1/s1. The quantitative estimate of drug-likeness (QED) is 0.601. The molecule has 0 spiro atoms. The molecule has 8 atom stereocenters. The Morgan fingerprint density at radius 1 is 1.03 bits per heavy atom. The molecule has 0 aliphatic heterocycles. The lowest BCUT2D eigenvalue weighted by atomic mass is 9.43. The summed E-state index contributed by atoms with van der Waals surface area (Å²) in [6.45, 7) is 5.45. The van der Waals surface area contributed by atoms with Crippen LogP contribution < -0.4 is 0 Å². The van der Waals surface area contributed by atoms with Crippen LogP contribution in [0.25, 0.3) is 0 Å². The molecule has 1 aromatic rings. The van der Waals surface area contributed by atoms with Crippen LogP contribution in [0.3, 0.4) is 0 Å². The molecule has 4 aliphatic carbocycles. The van der Waals surface area contributed by atoms with Gasteiger partial charge in [-0.1, -0.05) is 13.8 Å². The predicted molar refractivity (Wildman–Crippen MR) is 117 cm³/mol. The number of ether oxygens (including phenoxy) is 1. The molecule has 174 valence electrons. The molecule has 4 saturated carbocycles. The molecule has 4 aliphatic rings. The zero-order valence-electron chi connectivity index (χ0n) is 19.2. The van der Waals surface area contributed by atoms with E-state index >= 15 is 0 Å². The Morgan fingerprint density at radius 3 is 2.61 bits per heavy atom. The molecule has 4 fully saturated rings. The van der Waals surface area contributed by atoms with Gasteiger partial charge in [0, 0.05) is 24.2 Å². The molecule has 1 heterocycles. The average Bonchev–Trinajstić information content (AvgIpc) is 3.36. The van der Waals surface area contributed by atoms with Gasteiger partial charge < -0.3 is 24.5 Å². The van der Waals surface area contributed by atoms with E-state index in [2.05, 4.69) is 13.8 Å². The summed E-state index contributed by atoms with van der Waals surface area (Å²) in [5.41, 5.74) is -1.32. The van der Waals surface area contributed by atoms with E-state index in [-0.39, 0.29) is 17.9 Å². The lowest BCUT2D eigenvalue weighted by molar-refractivity contribution is -0.239. The number of aliphatic hydroxyl groups is 3. The van der Waals surface area contributed by atoms with Gasteiger partial charge in [-0.05, 0) is 93.4 Å². The van der Waals surface area contributed by atoms with Gasteiger partial charge in [-0.2, -0.15) is 0 Å². The van der Waals surface area contributed by atoms with E-state index in [9.17, 15) is 10.2 Å². The van der Waals surface area contributed by atoms with Gasteiger partial charge in [-0.25, -0.2) is 0 Å². The van der Waals surface area contributed by atoms with Gasteiger partial charge in [0.2, 0.25) is 0 Å². The molecule has 5 rings (SSSR count). The van der Waals surface area contributed by atoms with Crippen molar-refractivity contribution in [2.24, 2.45) is 28.6 Å². The van der Waals surface area contributed by atoms with Crippen molar-refractivity contribution < 1.29 is 24.5 Å². The lowest BCUT2D eigenvalue weighted by Crippen LogP contribution is -2.64. The van der Waals surface area contributed by atoms with Crippen LogP contribution in [-0.4, -0.2) is 40.2 Å². The van der Waals surface area contributed by atoms with Crippen LogP contribution in [0.4, 0.5) is 0 Å². The molecule has 3 unspecified atom stereocenters. The van der Waals surface area contributed by atoms with E-state index in [0.29, 0.717) is 43.8 Å². The topological polar surface area (TPSA) is 83.1 Å². The van der Waals surface area contributed by atoms with Gasteiger partial charge in [0.05, 0.1) is 24.2 Å². The van der Waals surface area contributed by atoms with Gasteiger partial charge >= 0.3 is 0 Å². The summed E-state index contributed by atoms with van der Waals surface area (Å²) < 4.78 is 11.4. The van der Waals surface area contributed by atoms with Crippen molar-refractivity contribution in [1.82, 2.24) is 0 Å². The molecule has 0 amide bonds. The Labute approximate surface area is 186 Å². The van der Waals surface area contributed by atoms with Crippen LogP contribution in [0.1, 0.15) is 83.6 Å². The maximum atomic E-state index is 12.3. The van der Waals surface area contributed by atoms with Crippen LogP contribution in [0.5, 0.6) is 0 Å². The first-order valence-electron chi connectivity index (χ1n) is 12.5. The van der Waals surface area contributed by atoms with Crippen molar-refractivity contribution in [2.45, 2.75) is 95.4 Å². The van der Waals surface area contributed by atoms with Gasteiger partial charge in [-0.3, -0.25) is 0 Å². The third-order valence-electron chi connectivity index (χ3n) is 10.6. The summed E-state index contributed by atoms with van der Waals surface area (Å²) in [5.74, 6) is 1.40. The zero-order valence-corrected chi connectivity index (χ0v) is 19.2. The Hall–Kier alpha value is -0.880. The van der Waals surface area contributed by atoms with Crippen LogP contribution >= 0.6 is 0 Å². The van der Waals surface area contributed by atoms with Gasteiger partial charge in [0.1, 0.15) is 5.60 Å². The van der Waals surface area contributed by atoms with Crippen LogP contribution in [-0.2, 0) is 10.3 Å². The number of fused-ring (bicyclic) bond motifs is 5. The van der Waals surface area contributed by atoms with Gasteiger partial charge in [0.15, 0.2) is 0 Å². The van der Waals surface area contributed by atoms with Crippen molar-refractivity contribution in [3.8, 4) is 0 Å². The van der Waals surface area contributed by atoms with E-state index in [1.807, 2.05) is 6.07 Å². The zero-order chi connectivity index (χ0) is 21.9. The molecule has 1 aromatic heterocycles. The molecule has 5 heteroatoms. The molecule has 0 saturated heterocycles. The van der Waals surface area contributed by atoms with E-state index < -0.39 is 16.6 Å². The van der Waals surface area contributed by atoms with Crippen molar-refractivity contribution in [3.05, 3.63) is 24.2 Å². The number of aliphatic hydroxyl groups excluding tert-OH is 1. The maximum Gasteiger partial charge on any atom is 0.101 e. The molecule has 0 bridgehead atoms. The number of rotatable bonds is 5. The minimum absolute atomic E-state index is 0.195. The third kappa shape index (κ3) is 2.96. The van der Waals surface area contributed by atoms with Gasteiger partial charge in [0.25, 0.3) is 0 Å². The summed E-state index contributed by atoms with van der Waals surface area (Å²) in [6.07, 6.45) is 13.1. The van der Waals surface area contributed by atoms with Crippen LogP contribution in [0.2, 0.25) is 0 Å². The highest BCUT2D eigenvalue weighted by Crippen LogP contribution is 2.71. The van der Waals surface area contributed by atoms with E-state index in [0.717, 1.165) is 50.5 Å². The minimum atomic E-state index is -1.02. The fourth-order valence-electron chi connectivity index (χ4n) is 8.63. The Balaban J connectivity index is 1.38. The van der Waals surface area contributed by atoms with Crippen LogP contribution in [0, 0.1) is 28.6 Å². The minimum Gasteiger partial charge on any atom is -0.472 e. The second-order valence-electron chi connectivity index (χ2n) is 11.5. The fourth-order valence-corrected chi connectivity index (χ4v) is 8.63. The second kappa shape index (κ2) is 7.58. The lowest BCUT2D eigenvalue weighted by Gasteiger charge is -2.64. The van der Waals surface area contributed by atoms with Gasteiger partial charge in [-0.15, -0.1) is 0 Å². The summed E-state index contributed by atoms with van der Waals surface area (Å²) in [5, 5.41) is 33.1. The number of furan rings is 1. The summed E-state index contributed by atoms with van der Waals surface area (Å²) in [4.78, 5) is 0. The maximum absolute atomic E-state index is 12.3. The summed E-state index contributed by atoms with van der Waals surface area (Å²) >= 11 is 0. The SMILES string of the molecule is C[C@]12CCC(OCCCO)CC1CC[C@@H]1[C@H]2CC[C@]2(C)C(O)(c3ccoc3)CC[C@@]12O. The first-order valence-corrected chi connectivity index (χ1v) is 12.5. The Bertz CT molecular complexity index is 779. The molecular formula is C26H40O5. The smallest absolute Gasteiger partial charge is 0.101 e. The van der Waals surface area contributed by atoms with Crippen molar-refractivity contribution >= 4 is 0 Å². The first kappa shape index (κ1) is 21.9. The molecule has 5 nitrogen and oxygen atoms in total. The summed E-state index contributed by atoms with van der Waals surface area (Å²) in [7, 11) is 0. The van der Waals surface area contributed by atoms with Crippen LogP contribution in [0.15, 0.2) is 23.0 Å². The normalized spacial score (nSPS) is 49.3. The highest BCUT2D eigenvalue weighted by molar-refractivity contribution is 5.30. The fraction of sp³-hybridized carbons (Fsp3) is 0.846. The highest BCUT2D eigenvalue weighted by atomic mass is 16.5. The highest BCUT2D eigenvalue weighted by Gasteiger charge is 2.72. The number of hydrogen-bond donors (Lipinski definition) is 3. The molecule has 0 aromatic carbocycles. The molecule has 31 heavy (non-hydrogen) atoms. The predicted octanol–water partition coefficient (Wildman–Crippen LogP) is 4.39. The molecular weight excluding hydrogens is 392 g/mol. The average molecular weight is 433 g/mol. The van der Waals surface area contributed by atoms with Crippen molar-refractivity contribution in [1.29, 1.82) is 0 Å².